The van der Waals surface area contributed by atoms with E-state index >= 15 is 0 Å². The minimum Gasteiger partial charge on any atom is -0.497 e. The molecule has 0 saturated heterocycles. The number of amides is 1. The number of hydrogen-bond acceptors (Lipinski definition) is 4. The maximum absolute atomic E-state index is 12.2. The van der Waals surface area contributed by atoms with Gasteiger partial charge in [0, 0.05) is 17.0 Å². The predicted molar refractivity (Wildman–Crippen MR) is 86.7 cm³/mol. The minimum absolute atomic E-state index is 0.332. The second kappa shape index (κ2) is 7.22. The van der Waals surface area contributed by atoms with Gasteiger partial charge in [0.2, 0.25) is 0 Å². The predicted octanol–water partition coefficient (Wildman–Crippen LogP) is 2.11. The molecular weight excluding hydrogens is 304 g/mol. The number of methoxy groups -OCH3 is 1. The molecule has 1 amide bonds. The zero-order valence-electron chi connectivity index (χ0n) is 12.4. The van der Waals surface area contributed by atoms with Gasteiger partial charge in [0.15, 0.2) is 0 Å². The number of H-pyrrole nitrogens is 1. The molecule has 1 atom stereocenters. The summed E-state index contributed by atoms with van der Waals surface area (Å²) >= 11 is 1.54. The molecule has 22 heavy (non-hydrogen) atoms. The zero-order chi connectivity index (χ0) is 16.1. The van der Waals surface area contributed by atoms with Gasteiger partial charge in [-0.2, -0.15) is 11.8 Å². The Morgan fingerprint density at radius 3 is 2.82 bits per heavy atom. The van der Waals surface area contributed by atoms with Crippen molar-refractivity contribution in [3.05, 3.63) is 30.0 Å². The lowest BCUT2D eigenvalue weighted by Crippen LogP contribution is -2.41. The second-order valence-corrected chi connectivity index (χ2v) is 5.77. The number of carbonyl (C=O) groups is 2. The number of carbonyl (C=O) groups excluding carboxylic acids is 1. The Morgan fingerprint density at radius 2 is 2.18 bits per heavy atom. The molecule has 1 heterocycles. The van der Waals surface area contributed by atoms with Gasteiger partial charge in [-0.15, -0.1) is 0 Å². The Balaban J connectivity index is 2.16. The fourth-order valence-electron chi connectivity index (χ4n) is 2.08. The highest BCUT2D eigenvalue weighted by molar-refractivity contribution is 7.98. The molecule has 7 heteroatoms. The summed E-state index contributed by atoms with van der Waals surface area (Å²) < 4.78 is 5.13. The number of hydrogen-bond donors (Lipinski definition) is 3. The van der Waals surface area contributed by atoms with Gasteiger partial charge in [-0.05, 0) is 36.6 Å². The number of nitrogens with one attached hydrogen (secondary N) is 2. The van der Waals surface area contributed by atoms with Gasteiger partial charge in [0.1, 0.15) is 17.5 Å². The summed E-state index contributed by atoms with van der Waals surface area (Å²) in [4.78, 5) is 26.4. The molecule has 0 aliphatic heterocycles. The molecule has 1 aromatic heterocycles. The normalized spacial score (nSPS) is 12.1. The number of carboxylic acid groups (broad SMARTS) is 1. The van der Waals surface area contributed by atoms with Crippen LogP contribution in [0, 0.1) is 0 Å². The summed E-state index contributed by atoms with van der Waals surface area (Å²) in [6.45, 7) is 0. The summed E-state index contributed by atoms with van der Waals surface area (Å²) in [5.74, 6) is -0.102. The number of ether oxygens (including phenoxy) is 1. The van der Waals surface area contributed by atoms with Crippen molar-refractivity contribution in [3.8, 4) is 5.75 Å². The summed E-state index contributed by atoms with van der Waals surface area (Å²) in [5, 5.41) is 12.6. The lowest BCUT2D eigenvalue weighted by molar-refractivity contribution is -0.139. The van der Waals surface area contributed by atoms with E-state index in [1.807, 2.05) is 12.3 Å². The quantitative estimate of drug-likeness (QED) is 0.726. The lowest BCUT2D eigenvalue weighted by Gasteiger charge is -2.13. The standard InChI is InChI=1S/C15H18N2O4S/c1-21-10-4-3-9-7-13(16-12(9)8-10)14(18)17-11(15(19)20)5-6-22-2/h3-4,7-8,11,16H,5-6H2,1-2H3,(H,17,18)(H,19,20). The van der Waals surface area contributed by atoms with Crippen molar-refractivity contribution in [1.29, 1.82) is 0 Å². The Hall–Kier alpha value is -2.15. The first-order valence-electron chi connectivity index (χ1n) is 6.74. The van der Waals surface area contributed by atoms with Crippen molar-refractivity contribution in [2.45, 2.75) is 12.5 Å². The molecule has 0 aliphatic rings. The third kappa shape index (κ3) is 3.73. The topological polar surface area (TPSA) is 91.4 Å². The van der Waals surface area contributed by atoms with Crippen LogP contribution >= 0.6 is 11.8 Å². The maximum Gasteiger partial charge on any atom is 0.326 e. The van der Waals surface area contributed by atoms with Crippen LogP contribution in [-0.2, 0) is 4.79 Å². The van der Waals surface area contributed by atoms with Crippen LogP contribution in [0.15, 0.2) is 24.3 Å². The molecule has 0 spiro atoms. The van der Waals surface area contributed by atoms with Gasteiger partial charge in [0.05, 0.1) is 7.11 Å². The van der Waals surface area contributed by atoms with Gasteiger partial charge < -0.3 is 20.1 Å². The smallest absolute Gasteiger partial charge is 0.326 e. The molecule has 0 aliphatic carbocycles. The molecular formula is C15H18N2O4S. The van der Waals surface area contributed by atoms with Crippen molar-refractivity contribution in [1.82, 2.24) is 10.3 Å². The Labute approximate surface area is 132 Å². The van der Waals surface area contributed by atoms with Crippen LogP contribution in [0.1, 0.15) is 16.9 Å². The van der Waals surface area contributed by atoms with E-state index in [9.17, 15) is 9.59 Å². The van der Waals surface area contributed by atoms with E-state index in [-0.39, 0.29) is 0 Å². The van der Waals surface area contributed by atoms with E-state index in [2.05, 4.69) is 10.3 Å². The van der Waals surface area contributed by atoms with E-state index in [0.717, 1.165) is 10.9 Å². The Morgan fingerprint density at radius 1 is 1.41 bits per heavy atom. The highest BCUT2D eigenvalue weighted by Gasteiger charge is 2.21. The molecule has 2 rings (SSSR count). The number of thioether (sulfide) groups is 1. The van der Waals surface area contributed by atoms with Gasteiger partial charge in [-0.25, -0.2) is 4.79 Å². The van der Waals surface area contributed by atoms with Crippen LogP contribution in [0.5, 0.6) is 5.75 Å². The molecule has 3 N–H and O–H groups in total. The van der Waals surface area contributed by atoms with Crippen molar-refractivity contribution in [2.24, 2.45) is 0 Å². The second-order valence-electron chi connectivity index (χ2n) is 4.78. The van der Waals surface area contributed by atoms with Crippen molar-refractivity contribution in [2.75, 3.05) is 19.1 Å². The van der Waals surface area contributed by atoms with Crippen LogP contribution < -0.4 is 10.1 Å². The monoisotopic (exact) mass is 322 g/mol. The number of fused-ring (bicyclic) bond motifs is 1. The number of rotatable bonds is 7. The SMILES string of the molecule is COc1ccc2cc(C(=O)NC(CCSC)C(=O)O)[nH]c2c1. The summed E-state index contributed by atoms with van der Waals surface area (Å²) in [7, 11) is 1.57. The molecule has 118 valence electrons. The third-order valence-corrected chi connectivity index (χ3v) is 3.93. The fraction of sp³-hybridized carbons (Fsp3) is 0.333. The van der Waals surface area contributed by atoms with Crippen molar-refractivity contribution in [3.63, 3.8) is 0 Å². The van der Waals surface area contributed by atoms with Crippen LogP contribution in [0.3, 0.4) is 0 Å². The third-order valence-electron chi connectivity index (χ3n) is 3.29. The number of aliphatic carboxylic acids is 1. The minimum atomic E-state index is -1.03. The number of aromatic amines is 1. The molecule has 1 unspecified atom stereocenters. The van der Waals surface area contributed by atoms with E-state index in [1.165, 1.54) is 0 Å². The molecule has 6 nitrogen and oxygen atoms in total. The lowest BCUT2D eigenvalue weighted by atomic mass is 10.2. The summed E-state index contributed by atoms with van der Waals surface area (Å²) in [6.07, 6.45) is 2.28. The summed E-state index contributed by atoms with van der Waals surface area (Å²) in [5.41, 5.74) is 1.10. The first-order chi connectivity index (χ1) is 10.5. The van der Waals surface area contributed by atoms with E-state index in [1.54, 1.807) is 37.1 Å². The van der Waals surface area contributed by atoms with Gasteiger partial charge in [0.25, 0.3) is 5.91 Å². The molecule has 0 fully saturated rings. The van der Waals surface area contributed by atoms with Crippen LogP contribution in [0.25, 0.3) is 10.9 Å². The Bertz CT molecular complexity index is 683. The van der Waals surface area contributed by atoms with Gasteiger partial charge >= 0.3 is 5.97 Å². The van der Waals surface area contributed by atoms with Crippen LogP contribution in [0.2, 0.25) is 0 Å². The van der Waals surface area contributed by atoms with E-state index in [0.29, 0.717) is 23.6 Å². The van der Waals surface area contributed by atoms with Crippen LogP contribution in [0.4, 0.5) is 0 Å². The van der Waals surface area contributed by atoms with Crippen molar-refractivity contribution < 1.29 is 19.4 Å². The zero-order valence-corrected chi connectivity index (χ0v) is 13.2. The van der Waals surface area contributed by atoms with Crippen molar-refractivity contribution >= 4 is 34.5 Å². The molecule has 1 aromatic carbocycles. The fourth-order valence-corrected chi connectivity index (χ4v) is 2.56. The van der Waals surface area contributed by atoms with E-state index < -0.39 is 17.9 Å². The summed E-state index contributed by atoms with van der Waals surface area (Å²) in [6, 6.07) is 6.23. The van der Waals surface area contributed by atoms with Gasteiger partial charge in [-0.3, -0.25) is 4.79 Å². The van der Waals surface area contributed by atoms with Gasteiger partial charge in [-0.1, -0.05) is 0 Å². The van der Waals surface area contributed by atoms with E-state index in [4.69, 9.17) is 9.84 Å². The first-order valence-corrected chi connectivity index (χ1v) is 8.14. The first kappa shape index (κ1) is 16.2. The molecule has 0 bridgehead atoms. The number of carboxylic acids is 1. The highest BCUT2D eigenvalue weighted by Crippen LogP contribution is 2.21. The Kier molecular flexibility index (Phi) is 5.32. The average molecular weight is 322 g/mol. The number of aromatic nitrogens is 1. The largest absolute Gasteiger partial charge is 0.497 e. The number of benzene rings is 1. The molecule has 0 saturated carbocycles. The molecule has 2 aromatic rings. The van der Waals surface area contributed by atoms with Crippen LogP contribution in [-0.4, -0.2) is 47.1 Å². The molecule has 0 radical (unpaired) electrons. The highest BCUT2D eigenvalue weighted by atomic mass is 32.2. The maximum atomic E-state index is 12.2. The average Bonchev–Trinajstić information content (AvgIpc) is 2.93.